The van der Waals surface area contributed by atoms with Gasteiger partial charge in [-0.2, -0.15) is 0 Å². The molecule has 36 heavy (non-hydrogen) atoms. The number of rotatable bonds is 7. The molecule has 3 heterocycles. The lowest BCUT2D eigenvalue weighted by molar-refractivity contribution is 0.0939. The van der Waals surface area contributed by atoms with Crippen molar-refractivity contribution < 1.29 is 18.3 Å². The second-order valence-electron chi connectivity index (χ2n) is 8.87. The number of aryl methyl sites for hydroxylation is 1. The molecule has 5 rings (SSSR count). The predicted octanol–water partition coefficient (Wildman–Crippen LogP) is 3.95. The minimum absolute atomic E-state index is 0.0792. The highest BCUT2D eigenvalue weighted by molar-refractivity contribution is 5.96. The third kappa shape index (κ3) is 4.44. The molecule has 0 radical (unpaired) electrons. The van der Waals surface area contributed by atoms with Crippen LogP contribution in [0, 0.1) is 0 Å². The number of carbonyl (C=O) groups is 1. The molecule has 0 saturated carbocycles. The van der Waals surface area contributed by atoms with Crippen LogP contribution in [0.25, 0.3) is 5.65 Å². The Morgan fingerprint density at radius 1 is 1.33 bits per heavy atom. The summed E-state index contributed by atoms with van der Waals surface area (Å²) in [4.78, 5) is 21.6. The number of fused-ring (bicyclic) bond motifs is 1. The van der Waals surface area contributed by atoms with Crippen molar-refractivity contribution in [1.29, 1.82) is 0 Å². The molecular weight excluding hydrogens is 466 g/mol. The first-order valence-electron chi connectivity index (χ1n) is 12.0. The molecule has 2 aromatic heterocycles. The maximum atomic E-state index is 14.9. The number of carbonyl (C=O) groups excluding carboxylic acids is 1. The number of hydrogen-bond donors (Lipinski definition) is 3. The van der Waals surface area contributed by atoms with E-state index in [0.717, 1.165) is 30.8 Å². The van der Waals surface area contributed by atoms with E-state index in [1.54, 1.807) is 28.9 Å². The van der Waals surface area contributed by atoms with E-state index >= 15 is 0 Å². The molecule has 1 aromatic carbocycles. The van der Waals surface area contributed by atoms with Crippen LogP contribution < -0.4 is 16.0 Å². The molecule has 3 atom stereocenters. The summed E-state index contributed by atoms with van der Waals surface area (Å²) in [5, 5.41) is 9.60. The van der Waals surface area contributed by atoms with Crippen LogP contribution in [0.3, 0.4) is 0 Å². The van der Waals surface area contributed by atoms with E-state index < -0.39 is 17.9 Å². The van der Waals surface area contributed by atoms with E-state index in [-0.39, 0.29) is 17.7 Å². The van der Waals surface area contributed by atoms with Crippen molar-refractivity contribution in [1.82, 2.24) is 25.0 Å². The topological polar surface area (TPSA) is 92.6 Å². The van der Waals surface area contributed by atoms with Crippen molar-refractivity contribution in [3.63, 3.8) is 0 Å². The maximum absolute atomic E-state index is 14.9. The van der Waals surface area contributed by atoms with E-state index in [1.165, 1.54) is 19.4 Å². The zero-order chi connectivity index (χ0) is 25.2. The van der Waals surface area contributed by atoms with Crippen LogP contribution in [0.5, 0.6) is 0 Å². The van der Waals surface area contributed by atoms with Gasteiger partial charge in [0, 0.05) is 36.2 Å². The number of benzene rings is 1. The standard InChI is InChI=1S/C26H28F2N6O2/c1-3-15-12-16(4-5-18(15)26(35)33-17-8-9-29-13-17)32-24-25-31-14-20(34(25)11-10-30-24)19-6-7-21(36-2)23(28)22(19)27/h4-7,10-12,14,17,19,22,29H,3,8-9,13H2,1-2H3,(H,30,32)(H,33,35). The van der Waals surface area contributed by atoms with E-state index in [9.17, 15) is 13.6 Å². The average Bonchev–Trinajstić information content (AvgIpc) is 3.56. The number of aromatic nitrogens is 3. The molecule has 0 spiro atoms. The molecule has 188 valence electrons. The smallest absolute Gasteiger partial charge is 0.251 e. The summed E-state index contributed by atoms with van der Waals surface area (Å²) in [6.07, 6.45) is 7.50. The molecular formula is C26H28F2N6O2. The fourth-order valence-corrected chi connectivity index (χ4v) is 4.71. The summed E-state index contributed by atoms with van der Waals surface area (Å²) in [6, 6.07) is 5.69. The summed E-state index contributed by atoms with van der Waals surface area (Å²) >= 11 is 0. The molecule has 1 aliphatic carbocycles. The number of hydrogen-bond acceptors (Lipinski definition) is 6. The number of anilines is 2. The fourth-order valence-electron chi connectivity index (χ4n) is 4.71. The number of allylic oxidation sites excluding steroid dienone is 3. The molecule has 3 unspecified atom stereocenters. The second-order valence-corrected chi connectivity index (χ2v) is 8.87. The normalized spacial score (nSPS) is 21.7. The van der Waals surface area contributed by atoms with Gasteiger partial charge < -0.3 is 20.7 Å². The van der Waals surface area contributed by atoms with Gasteiger partial charge in [0.1, 0.15) is 0 Å². The van der Waals surface area contributed by atoms with E-state index in [0.29, 0.717) is 29.1 Å². The number of methoxy groups -OCH3 is 1. The number of halogens is 2. The Hall–Kier alpha value is -3.79. The Morgan fingerprint density at radius 3 is 2.94 bits per heavy atom. The lowest BCUT2D eigenvalue weighted by Gasteiger charge is -2.21. The first kappa shape index (κ1) is 23.9. The molecule has 3 N–H and O–H groups in total. The quantitative estimate of drug-likeness (QED) is 0.461. The molecule has 10 heteroatoms. The van der Waals surface area contributed by atoms with Crippen LogP contribution in [0.2, 0.25) is 0 Å². The van der Waals surface area contributed by atoms with Crippen molar-refractivity contribution in [2.45, 2.75) is 37.9 Å². The van der Waals surface area contributed by atoms with Gasteiger partial charge in [0.15, 0.2) is 29.2 Å². The Bertz CT molecular complexity index is 1350. The first-order chi connectivity index (χ1) is 17.5. The summed E-state index contributed by atoms with van der Waals surface area (Å²) in [5.74, 6) is -1.52. The first-order valence-corrected chi connectivity index (χ1v) is 12.0. The lowest BCUT2D eigenvalue weighted by Crippen LogP contribution is -2.36. The molecule has 0 bridgehead atoms. The summed E-state index contributed by atoms with van der Waals surface area (Å²) in [7, 11) is 1.31. The number of imidazole rings is 1. The van der Waals surface area contributed by atoms with Crippen LogP contribution in [0.15, 0.2) is 60.5 Å². The van der Waals surface area contributed by atoms with Crippen LogP contribution >= 0.6 is 0 Å². The zero-order valence-electron chi connectivity index (χ0n) is 20.1. The Balaban J connectivity index is 1.39. The number of nitrogens with zero attached hydrogens (tertiary/aromatic N) is 3. The third-order valence-electron chi connectivity index (χ3n) is 6.65. The van der Waals surface area contributed by atoms with Gasteiger partial charge in [-0.15, -0.1) is 0 Å². The Morgan fingerprint density at radius 2 is 2.19 bits per heavy atom. The number of ether oxygens (including phenoxy) is 1. The van der Waals surface area contributed by atoms with Gasteiger partial charge in [0.2, 0.25) is 0 Å². The van der Waals surface area contributed by atoms with Crippen molar-refractivity contribution in [2.24, 2.45) is 0 Å². The van der Waals surface area contributed by atoms with Gasteiger partial charge >= 0.3 is 0 Å². The highest BCUT2D eigenvalue weighted by atomic mass is 19.2. The third-order valence-corrected chi connectivity index (χ3v) is 6.65. The molecule has 3 aromatic rings. The SMILES string of the molecule is CCc1cc(Nc2nccn3c(C4C=CC(OC)=C(F)C4F)cnc23)ccc1C(=O)NC1CCNC1. The fraction of sp³-hybridized carbons (Fsp3) is 0.346. The van der Waals surface area contributed by atoms with Crippen LogP contribution in [-0.2, 0) is 11.2 Å². The summed E-state index contributed by atoms with van der Waals surface area (Å²) < 4.78 is 35.8. The van der Waals surface area contributed by atoms with Gasteiger partial charge in [-0.05, 0) is 49.2 Å². The van der Waals surface area contributed by atoms with Gasteiger partial charge in [0.25, 0.3) is 5.91 Å². The summed E-state index contributed by atoms with van der Waals surface area (Å²) in [5.41, 5.74) is 3.27. The van der Waals surface area contributed by atoms with Gasteiger partial charge in [-0.25, -0.2) is 18.7 Å². The predicted molar refractivity (Wildman–Crippen MR) is 133 cm³/mol. The monoisotopic (exact) mass is 494 g/mol. The van der Waals surface area contributed by atoms with Crippen LogP contribution in [-0.4, -0.2) is 52.7 Å². The van der Waals surface area contributed by atoms with Crippen molar-refractivity contribution >= 4 is 23.1 Å². The van der Waals surface area contributed by atoms with Crippen molar-refractivity contribution in [2.75, 3.05) is 25.5 Å². The molecule has 1 aliphatic heterocycles. The number of alkyl halides is 1. The zero-order valence-corrected chi connectivity index (χ0v) is 20.1. The second kappa shape index (κ2) is 10.1. The maximum Gasteiger partial charge on any atom is 0.251 e. The molecule has 2 aliphatic rings. The van der Waals surface area contributed by atoms with Gasteiger partial charge in [0.05, 0.1) is 24.9 Å². The Kier molecular flexibility index (Phi) is 6.69. The van der Waals surface area contributed by atoms with Gasteiger partial charge in [-0.3, -0.25) is 9.20 Å². The average molecular weight is 495 g/mol. The molecule has 1 amide bonds. The minimum atomic E-state index is -1.87. The van der Waals surface area contributed by atoms with Gasteiger partial charge in [-0.1, -0.05) is 13.0 Å². The highest BCUT2D eigenvalue weighted by Crippen LogP contribution is 2.36. The minimum Gasteiger partial charge on any atom is -0.494 e. The van der Waals surface area contributed by atoms with Crippen LogP contribution in [0.1, 0.15) is 40.9 Å². The summed E-state index contributed by atoms with van der Waals surface area (Å²) in [6.45, 7) is 3.69. The molecule has 1 saturated heterocycles. The van der Waals surface area contributed by atoms with E-state index in [1.807, 2.05) is 19.1 Å². The molecule has 8 nitrogen and oxygen atoms in total. The largest absolute Gasteiger partial charge is 0.494 e. The van der Waals surface area contributed by atoms with E-state index in [4.69, 9.17) is 4.74 Å². The van der Waals surface area contributed by atoms with Crippen molar-refractivity contribution in [3.8, 4) is 0 Å². The highest BCUT2D eigenvalue weighted by Gasteiger charge is 2.33. The number of amides is 1. The number of nitrogens with one attached hydrogen (secondary N) is 3. The molecule has 1 fully saturated rings. The van der Waals surface area contributed by atoms with Crippen molar-refractivity contribution in [3.05, 3.63) is 77.3 Å². The lowest BCUT2D eigenvalue weighted by atomic mass is 9.94. The Labute approximate surface area is 207 Å². The van der Waals surface area contributed by atoms with E-state index in [2.05, 4.69) is 25.9 Å². The van der Waals surface area contributed by atoms with Crippen LogP contribution in [0.4, 0.5) is 20.3 Å².